The molecule has 180 valence electrons. The van der Waals surface area contributed by atoms with Crippen molar-refractivity contribution in [2.45, 2.75) is 31.2 Å². The zero-order valence-electron chi connectivity index (χ0n) is 18.7. The van der Waals surface area contributed by atoms with Crippen molar-refractivity contribution in [1.29, 1.82) is 0 Å². The summed E-state index contributed by atoms with van der Waals surface area (Å²) < 4.78 is 24.6. The smallest absolute Gasteiger partial charge is 0.319 e. The Kier molecular flexibility index (Phi) is 5.30. The molecule has 0 bridgehead atoms. The molecular weight excluding hydrogens is 456 g/mol. The molecule has 2 fully saturated rings. The first-order valence-corrected chi connectivity index (χ1v) is 11.2. The first-order valence-electron chi connectivity index (χ1n) is 11.2. The number of nitrogens with zero attached hydrogens (tertiary/aromatic N) is 4. The Balaban J connectivity index is 1.13. The quantitative estimate of drug-likeness (QED) is 0.526. The Morgan fingerprint density at radius 1 is 1.00 bits per heavy atom. The van der Waals surface area contributed by atoms with Crippen LogP contribution in [0, 0.1) is 0 Å². The normalized spacial score (nSPS) is 24.3. The number of fused-ring (bicyclic) bond motifs is 2. The lowest BCUT2D eigenvalue weighted by Crippen LogP contribution is -2.45. The number of hydrogen-bond acceptors (Lipinski definition) is 9. The summed E-state index contributed by atoms with van der Waals surface area (Å²) in [6, 6.07) is 11.2. The number of nitrogens with one attached hydrogen (secondary N) is 2. The van der Waals surface area contributed by atoms with Crippen LogP contribution in [0.2, 0.25) is 0 Å². The van der Waals surface area contributed by atoms with Crippen LogP contribution >= 0.6 is 0 Å². The predicted octanol–water partition coefficient (Wildman–Crippen LogP) is 1.80. The molecule has 12 nitrogen and oxygen atoms in total. The molecule has 2 aromatic carbocycles. The van der Waals surface area contributed by atoms with E-state index in [1.165, 1.54) is 6.92 Å². The van der Waals surface area contributed by atoms with E-state index in [-0.39, 0.29) is 42.9 Å². The number of benzene rings is 2. The van der Waals surface area contributed by atoms with Gasteiger partial charge in [-0.15, -0.1) is 5.10 Å². The summed E-state index contributed by atoms with van der Waals surface area (Å²) in [6.45, 7) is 2.31. The molecule has 0 aliphatic carbocycles. The molecule has 3 aromatic rings. The average molecular weight is 478 g/mol. The summed E-state index contributed by atoms with van der Waals surface area (Å²) in [7, 11) is 0. The number of hydrogen-bond donors (Lipinski definition) is 2. The van der Waals surface area contributed by atoms with Crippen LogP contribution in [0.5, 0.6) is 11.5 Å². The second-order valence-electron chi connectivity index (χ2n) is 8.52. The van der Waals surface area contributed by atoms with Gasteiger partial charge in [0.05, 0.1) is 19.3 Å². The van der Waals surface area contributed by atoms with E-state index in [0.717, 1.165) is 5.56 Å². The van der Waals surface area contributed by atoms with Crippen molar-refractivity contribution >= 4 is 17.5 Å². The van der Waals surface area contributed by atoms with Crippen molar-refractivity contribution in [3.8, 4) is 22.9 Å². The molecule has 3 aliphatic rings. The number of tetrazole rings is 1. The van der Waals surface area contributed by atoms with Gasteiger partial charge in [-0.1, -0.05) is 0 Å². The van der Waals surface area contributed by atoms with Gasteiger partial charge in [-0.25, -0.2) is 9.48 Å². The highest BCUT2D eigenvalue weighted by atomic mass is 16.7. The van der Waals surface area contributed by atoms with Crippen molar-refractivity contribution < 1.29 is 28.5 Å². The summed E-state index contributed by atoms with van der Waals surface area (Å²) in [5, 5.41) is 17.9. The Bertz CT molecular complexity index is 1280. The standard InChI is InChI=1S/C23H22N6O6/c1-12(30)13-2-5-15(6-3-13)24-23(31)25-16-9-32-21-17(10-33-20(16)21)29-22(26-27-28-29)14-4-7-18-19(8-14)35-11-34-18/h2-8,16-17,20-21H,9-11H2,1H3,(H2,24,25,31)/t16-,17+,20-,21+/m1/s1. The zero-order valence-corrected chi connectivity index (χ0v) is 18.7. The molecule has 12 heteroatoms. The van der Waals surface area contributed by atoms with Gasteiger partial charge in [-0.05, 0) is 59.8 Å². The highest BCUT2D eigenvalue weighted by molar-refractivity contribution is 5.95. The van der Waals surface area contributed by atoms with Crippen molar-refractivity contribution in [3.05, 3.63) is 48.0 Å². The number of amides is 2. The van der Waals surface area contributed by atoms with Gasteiger partial charge in [0.25, 0.3) is 0 Å². The molecule has 0 spiro atoms. The SMILES string of the molecule is CC(=O)c1ccc(NC(=O)N[C@@H]2CO[C@@H]3[C@@H]2OC[C@@H]3n2nnnc2-c2ccc3c(c2)OCO3)cc1. The largest absolute Gasteiger partial charge is 0.454 e. The summed E-state index contributed by atoms with van der Waals surface area (Å²) in [5.74, 6) is 1.84. The fraction of sp³-hybridized carbons (Fsp3) is 0.348. The molecule has 0 unspecified atom stereocenters. The Hall–Kier alpha value is -4.03. The Morgan fingerprint density at radius 3 is 2.63 bits per heavy atom. The van der Waals surface area contributed by atoms with Crippen LogP contribution in [0.1, 0.15) is 23.3 Å². The Morgan fingerprint density at radius 2 is 1.80 bits per heavy atom. The third kappa shape index (κ3) is 3.96. The van der Waals surface area contributed by atoms with Crippen LogP contribution in [0.25, 0.3) is 11.4 Å². The van der Waals surface area contributed by atoms with Crippen LogP contribution in [0.4, 0.5) is 10.5 Å². The number of ketones is 1. The lowest BCUT2D eigenvalue weighted by atomic mass is 10.1. The summed E-state index contributed by atoms with van der Waals surface area (Å²) in [4.78, 5) is 24.0. The van der Waals surface area contributed by atoms with Gasteiger partial charge in [0.2, 0.25) is 6.79 Å². The van der Waals surface area contributed by atoms with Crippen LogP contribution in [-0.4, -0.2) is 70.3 Å². The molecule has 1 aromatic heterocycles. The van der Waals surface area contributed by atoms with Gasteiger partial charge in [0.1, 0.15) is 18.2 Å². The van der Waals surface area contributed by atoms with Crippen LogP contribution in [-0.2, 0) is 9.47 Å². The lowest BCUT2D eigenvalue weighted by Gasteiger charge is -2.18. The number of carbonyl (C=O) groups excluding carboxylic acids is 2. The number of anilines is 1. The Labute approximate surface area is 199 Å². The highest BCUT2D eigenvalue weighted by Crippen LogP contribution is 2.38. The molecule has 0 radical (unpaired) electrons. The van der Waals surface area contributed by atoms with Crippen molar-refractivity contribution in [2.24, 2.45) is 0 Å². The number of urea groups is 1. The van der Waals surface area contributed by atoms with Gasteiger partial charge in [0.15, 0.2) is 23.1 Å². The number of ether oxygens (including phenoxy) is 4. The first kappa shape index (κ1) is 21.5. The number of Topliss-reactive ketones (excluding diaryl/α,β-unsaturated/α-hetero) is 1. The average Bonchev–Trinajstić information content (AvgIpc) is 3.64. The van der Waals surface area contributed by atoms with E-state index in [9.17, 15) is 9.59 Å². The summed E-state index contributed by atoms with van der Waals surface area (Å²) >= 11 is 0. The number of aromatic nitrogens is 4. The van der Waals surface area contributed by atoms with E-state index in [1.54, 1.807) is 28.9 Å². The van der Waals surface area contributed by atoms with E-state index < -0.39 is 0 Å². The monoisotopic (exact) mass is 478 g/mol. The van der Waals surface area contributed by atoms with Crippen molar-refractivity contribution in [2.75, 3.05) is 25.3 Å². The van der Waals surface area contributed by atoms with Gasteiger partial charge in [-0.2, -0.15) is 0 Å². The minimum atomic E-state index is -0.384. The molecule has 0 saturated carbocycles. The summed E-state index contributed by atoms with van der Waals surface area (Å²) in [5.41, 5.74) is 1.94. The minimum absolute atomic E-state index is 0.0349. The molecule has 2 amide bonds. The maximum Gasteiger partial charge on any atom is 0.319 e. The first-order chi connectivity index (χ1) is 17.1. The van der Waals surface area contributed by atoms with Gasteiger partial charge >= 0.3 is 6.03 Å². The molecule has 3 aliphatic heterocycles. The third-order valence-corrected chi connectivity index (χ3v) is 6.33. The third-order valence-electron chi connectivity index (χ3n) is 6.33. The number of rotatable bonds is 5. The molecule has 2 N–H and O–H groups in total. The predicted molar refractivity (Wildman–Crippen MR) is 120 cm³/mol. The van der Waals surface area contributed by atoms with E-state index in [1.807, 2.05) is 18.2 Å². The highest BCUT2D eigenvalue weighted by Gasteiger charge is 2.50. The second kappa shape index (κ2) is 8.64. The zero-order chi connectivity index (χ0) is 23.9. The van der Waals surface area contributed by atoms with Crippen LogP contribution in [0.3, 0.4) is 0 Å². The van der Waals surface area contributed by atoms with E-state index >= 15 is 0 Å². The molecule has 6 rings (SSSR count). The number of carbonyl (C=O) groups is 2. The fourth-order valence-electron chi connectivity index (χ4n) is 4.58. The van der Waals surface area contributed by atoms with Gasteiger partial charge in [-0.3, -0.25) is 4.79 Å². The summed E-state index contributed by atoms with van der Waals surface area (Å²) in [6.07, 6.45) is -0.675. The van der Waals surface area contributed by atoms with Gasteiger partial charge in [0, 0.05) is 16.8 Å². The van der Waals surface area contributed by atoms with Crippen LogP contribution < -0.4 is 20.1 Å². The van der Waals surface area contributed by atoms with Crippen LogP contribution in [0.15, 0.2) is 42.5 Å². The maximum atomic E-state index is 12.6. The topological polar surface area (TPSA) is 139 Å². The molecule has 35 heavy (non-hydrogen) atoms. The van der Waals surface area contributed by atoms with Gasteiger partial charge < -0.3 is 29.6 Å². The molecule has 4 atom stereocenters. The molecule has 4 heterocycles. The van der Waals surface area contributed by atoms with E-state index in [2.05, 4.69) is 26.2 Å². The van der Waals surface area contributed by atoms with E-state index in [4.69, 9.17) is 18.9 Å². The maximum absolute atomic E-state index is 12.6. The van der Waals surface area contributed by atoms with Crippen molar-refractivity contribution in [3.63, 3.8) is 0 Å². The van der Waals surface area contributed by atoms with E-state index in [0.29, 0.717) is 41.8 Å². The molecular formula is C23H22N6O6. The van der Waals surface area contributed by atoms with Crippen molar-refractivity contribution in [1.82, 2.24) is 25.5 Å². The minimum Gasteiger partial charge on any atom is -0.454 e. The second-order valence-corrected chi connectivity index (χ2v) is 8.52. The molecule has 2 saturated heterocycles. The lowest BCUT2D eigenvalue weighted by molar-refractivity contribution is 0.0624. The fourth-order valence-corrected chi connectivity index (χ4v) is 4.58.